The molecule has 0 aliphatic carbocycles. The van der Waals surface area contributed by atoms with Crippen LogP contribution in [0.4, 0.5) is 0 Å². The van der Waals surface area contributed by atoms with E-state index in [9.17, 15) is 9.59 Å². The zero-order chi connectivity index (χ0) is 10.7. The molecule has 1 atom stereocenters. The highest BCUT2D eigenvalue weighted by Gasteiger charge is 2.14. The fourth-order valence-corrected chi connectivity index (χ4v) is 0.937. The summed E-state index contributed by atoms with van der Waals surface area (Å²) in [4.78, 5) is 24.5. The Morgan fingerprint density at radius 3 is 2.50 bits per heavy atom. The Morgan fingerprint density at radius 1 is 1.43 bits per heavy atom. The van der Waals surface area contributed by atoms with Crippen LogP contribution in [0.1, 0.15) is 32.6 Å². The van der Waals surface area contributed by atoms with Crippen LogP contribution in [0.25, 0.3) is 0 Å². The third-order valence-electron chi connectivity index (χ3n) is 1.81. The molecular formula is C8H14N4O2. The van der Waals surface area contributed by atoms with E-state index < -0.39 is 0 Å². The zero-order valence-electron chi connectivity index (χ0n) is 8.42. The molecule has 3 N–H and O–H groups in total. The number of aromatic amines is 2. The normalized spacial score (nSPS) is 12.9. The average Bonchev–Trinajstić information content (AvgIpc) is 2.51. The maximum absolute atomic E-state index is 11.3. The minimum atomic E-state index is -0.370. The number of hydrogen-bond donors (Lipinski definition) is 3. The summed E-state index contributed by atoms with van der Waals surface area (Å²) in [5, 5.41) is 8.68. The van der Waals surface area contributed by atoms with Gasteiger partial charge in [-0.25, -0.2) is 9.89 Å². The van der Waals surface area contributed by atoms with Crippen molar-refractivity contribution in [2.24, 2.45) is 5.92 Å². The Kier molecular flexibility index (Phi) is 3.06. The molecule has 0 bridgehead atoms. The minimum absolute atomic E-state index is 0.0682. The molecule has 1 heterocycles. The maximum Gasteiger partial charge on any atom is 0.340 e. The number of amides is 1. The smallest absolute Gasteiger partial charge is 0.340 e. The summed E-state index contributed by atoms with van der Waals surface area (Å²) >= 11 is 0. The third kappa shape index (κ3) is 2.45. The molecule has 1 aromatic heterocycles. The van der Waals surface area contributed by atoms with Gasteiger partial charge in [0.2, 0.25) is 5.91 Å². The lowest BCUT2D eigenvalue weighted by molar-refractivity contribution is -0.124. The third-order valence-corrected chi connectivity index (χ3v) is 1.81. The second-order valence-electron chi connectivity index (χ2n) is 3.45. The fourth-order valence-electron chi connectivity index (χ4n) is 0.937. The van der Waals surface area contributed by atoms with E-state index >= 15 is 0 Å². The quantitative estimate of drug-likeness (QED) is 0.635. The van der Waals surface area contributed by atoms with Gasteiger partial charge < -0.3 is 5.32 Å². The van der Waals surface area contributed by atoms with E-state index in [1.807, 2.05) is 0 Å². The van der Waals surface area contributed by atoms with E-state index in [2.05, 4.69) is 20.5 Å². The van der Waals surface area contributed by atoms with Crippen LogP contribution in [0.3, 0.4) is 0 Å². The molecule has 78 valence electrons. The van der Waals surface area contributed by atoms with Crippen molar-refractivity contribution in [3.05, 3.63) is 16.3 Å². The van der Waals surface area contributed by atoms with E-state index in [0.717, 1.165) is 0 Å². The second kappa shape index (κ2) is 4.08. The first-order valence-electron chi connectivity index (χ1n) is 4.45. The largest absolute Gasteiger partial charge is 0.346 e. The minimum Gasteiger partial charge on any atom is -0.346 e. The molecule has 0 fully saturated rings. The van der Waals surface area contributed by atoms with Gasteiger partial charge in [0.15, 0.2) is 5.82 Å². The fraction of sp³-hybridized carbons (Fsp3) is 0.625. The van der Waals surface area contributed by atoms with E-state index in [1.165, 1.54) is 0 Å². The van der Waals surface area contributed by atoms with Gasteiger partial charge >= 0.3 is 5.69 Å². The molecule has 0 radical (unpaired) electrons. The molecule has 1 unspecified atom stereocenters. The highest BCUT2D eigenvalue weighted by Crippen LogP contribution is 2.04. The Bertz CT molecular complexity index is 365. The number of carbonyl (C=O) groups excluding carboxylic acids is 1. The first-order valence-corrected chi connectivity index (χ1v) is 4.45. The summed E-state index contributed by atoms with van der Waals surface area (Å²) in [6.45, 7) is 5.36. The van der Waals surface area contributed by atoms with E-state index in [0.29, 0.717) is 5.82 Å². The van der Waals surface area contributed by atoms with Gasteiger partial charge in [0.25, 0.3) is 0 Å². The molecule has 0 saturated heterocycles. The van der Waals surface area contributed by atoms with Crippen LogP contribution in [0.2, 0.25) is 0 Å². The predicted octanol–water partition coefficient (Wildman–Crippen LogP) is -0.0688. The second-order valence-corrected chi connectivity index (χ2v) is 3.45. The monoisotopic (exact) mass is 198 g/mol. The van der Waals surface area contributed by atoms with Gasteiger partial charge in [0.05, 0.1) is 6.04 Å². The van der Waals surface area contributed by atoms with Crippen LogP contribution < -0.4 is 11.0 Å². The first-order chi connectivity index (χ1) is 6.50. The summed E-state index contributed by atoms with van der Waals surface area (Å²) in [6, 6.07) is -0.288. The van der Waals surface area contributed by atoms with Crippen molar-refractivity contribution in [2.75, 3.05) is 0 Å². The summed E-state index contributed by atoms with van der Waals surface area (Å²) in [7, 11) is 0. The number of hydrogen-bond acceptors (Lipinski definition) is 3. The van der Waals surface area contributed by atoms with Gasteiger partial charge in [-0.15, -0.1) is 0 Å². The molecule has 14 heavy (non-hydrogen) atoms. The van der Waals surface area contributed by atoms with Gasteiger partial charge in [-0.05, 0) is 6.92 Å². The lowest BCUT2D eigenvalue weighted by Gasteiger charge is -2.12. The van der Waals surface area contributed by atoms with Crippen LogP contribution in [-0.4, -0.2) is 21.1 Å². The number of nitrogens with zero attached hydrogens (tertiary/aromatic N) is 1. The molecule has 0 aliphatic rings. The highest BCUT2D eigenvalue weighted by atomic mass is 16.2. The summed E-state index contributed by atoms with van der Waals surface area (Å²) in [6.07, 6.45) is 0. The molecule has 1 aromatic rings. The van der Waals surface area contributed by atoms with Crippen LogP contribution in [0.5, 0.6) is 0 Å². The molecule has 1 amide bonds. The number of aromatic nitrogens is 3. The van der Waals surface area contributed by atoms with Crippen molar-refractivity contribution < 1.29 is 4.79 Å². The molecule has 0 aliphatic heterocycles. The molecular weight excluding hydrogens is 184 g/mol. The van der Waals surface area contributed by atoms with Crippen molar-refractivity contribution in [1.29, 1.82) is 0 Å². The van der Waals surface area contributed by atoms with E-state index in [1.54, 1.807) is 20.8 Å². The SMILES string of the molecule is CC(C)C(=O)NC(C)c1n[nH]c(=O)[nH]1. The zero-order valence-corrected chi connectivity index (χ0v) is 8.42. The number of nitrogens with one attached hydrogen (secondary N) is 3. The summed E-state index contributed by atoms with van der Waals surface area (Å²) in [5.74, 6) is 0.286. The highest BCUT2D eigenvalue weighted by molar-refractivity contribution is 5.78. The first kappa shape index (κ1) is 10.5. The van der Waals surface area contributed by atoms with Crippen molar-refractivity contribution >= 4 is 5.91 Å². The number of carbonyl (C=O) groups is 1. The molecule has 1 rings (SSSR count). The molecule has 0 spiro atoms. The lowest BCUT2D eigenvalue weighted by Crippen LogP contribution is -2.31. The van der Waals surface area contributed by atoms with Crippen LogP contribution in [0.15, 0.2) is 4.79 Å². The summed E-state index contributed by atoms with van der Waals surface area (Å²) < 4.78 is 0. The Balaban J connectivity index is 2.63. The molecule has 6 heteroatoms. The van der Waals surface area contributed by atoms with Gasteiger partial charge in [0, 0.05) is 5.92 Å². The maximum atomic E-state index is 11.3. The molecule has 0 saturated carbocycles. The number of rotatable bonds is 3. The standard InChI is InChI=1S/C8H14N4O2/c1-4(2)7(13)9-5(3)6-10-8(14)12-11-6/h4-5H,1-3H3,(H,9,13)(H2,10,11,12,14). The van der Waals surface area contributed by atoms with Gasteiger partial charge in [-0.3, -0.25) is 9.78 Å². The topological polar surface area (TPSA) is 90.6 Å². The Hall–Kier alpha value is -1.59. The van der Waals surface area contributed by atoms with Gasteiger partial charge in [0.1, 0.15) is 0 Å². The van der Waals surface area contributed by atoms with Crippen molar-refractivity contribution in [3.63, 3.8) is 0 Å². The average molecular weight is 198 g/mol. The number of H-pyrrole nitrogens is 2. The molecule has 0 aromatic carbocycles. The van der Waals surface area contributed by atoms with Crippen molar-refractivity contribution in [2.45, 2.75) is 26.8 Å². The van der Waals surface area contributed by atoms with Crippen LogP contribution >= 0.6 is 0 Å². The Labute approximate surface area is 81.1 Å². The van der Waals surface area contributed by atoms with Crippen molar-refractivity contribution in [3.8, 4) is 0 Å². The van der Waals surface area contributed by atoms with Gasteiger partial charge in [-0.1, -0.05) is 13.8 Å². The van der Waals surface area contributed by atoms with Crippen molar-refractivity contribution in [1.82, 2.24) is 20.5 Å². The Morgan fingerprint density at radius 2 is 2.07 bits per heavy atom. The van der Waals surface area contributed by atoms with E-state index in [4.69, 9.17) is 0 Å². The van der Waals surface area contributed by atoms with Gasteiger partial charge in [-0.2, -0.15) is 5.10 Å². The summed E-state index contributed by atoms with van der Waals surface area (Å²) in [5.41, 5.74) is -0.370. The molecule has 6 nitrogen and oxygen atoms in total. The lowest BCUT2D eigenvalue weighted by atomic mass is 10.2. The van der Waals surface area contributed by atoms with Crippen LogP contribution in [-0.2, 0) is 4.79 Å². The van der Waals surface area contributed by atoms with E-state index in [-0.39, 0.29) is 23.6 Å². The van der Waals surface area contributed by atoms with Crippen LogP contribution in [0, 0.1) is 5.92 Å². The predicted molar refractivity (Wildman–Crippen MR) is 50.6 cm³/mol.